The van der Waals surface area contributed by atoms with Crippen molar-refractivity contribution < 1.29 is 9.47 Å². The molecule has 0 radical (unpaired) electrons. The number of benzene rings is 2. The summed E-state index contributed by atoms with van der Waals surface area (Å²) < 4.78 is 10.8. The van der Waals surface area contributed by atoms with E-state index in [9.17, 15) is 0 Å². The first-order chi connectivity index (χ1) is 8.79. The molecule has 0 atom stereocenters. The summed E-state index contributed by atoms with van der Waals surface area (Å²) in [5, 5.41) is 0. The molecule has 2 heteroatoms. The van der Waals surface area contributed by atoms with E-state index in [1.807, 2.05) is 54.6 Å². The molecule has 2 rings (SSSR count). The van der Waals surface area contributed by atoms with Gasteiger partial charge in [-0.3, -0.25) is 0 Å². The Balaban J connectivity index is 2.04. The van der Waals surface area contributed by atoms with Crippen LogP contribution in [0.4, 0.5) is 0 Å². The Labute approximate surface area is 107 Å². The highest BCUT2D eigenvalue weighted by Gasteiger charge is 2.01. The zero-order valence-corrected chi connectivity index (χ0v) is 10.4. The van der Waals surface area contributed by atoms with Crippen molar-refractivity contribution in [2.24, 2.45) is 0 Å². The van der Waals surface area contributed by atoms with Crippen LogP contribution < -0.4 is 4.74 Å². The molecule has 0 N–H and O–H groups in total. The van der Waals surface area contributed by atoms with Crippen molar-refractivity contribution in [2.75, 3.05) is 7.11 Å². The van der Waals surface area contributed by atoms with Crippen LogP contribution in [-0.4, -0.2) is 7.11 Å². The number of methoxy groups -OCH3 is 1. The van der Waals surface area contributed by atoms with E-state index in [0.29, 0.717) is 12.4 Å². The van der Waals surface area contributed by atoms with Gasteiger partial charge in [0.05, 0.1) is 7.11 Å². The van der Waals surface area contributed by atoms with E-state index in [4.69, 9.17) is 9.47 Å². The van der Waals surface area contributed by atoms with Gasteiger partial charge in [0, 0.05) is 5.56 Å². The Morgan fingerprint density at radius 1 is 1.06 bits per heavy atom. The van der Waals surface area contributed by atoms with Crippen LogP contribution in [0.2, 0.25) is 0 Å². The molecular weight excluding hydrogens is 224 g/mol. The average molecular weight is 240 g/mol. The van der Waals surface area contributed by atoms with Gasteiger partial charge in [-0.05, 0) is 17.7 Å². The molecule has 18 heavy (non-hydrogen) atoms. The van der Waals surface area contributed by atoms with Gasteiger partial charge in [-0.25, -0.2) is 0 Å². The van der Waals surface area contributed by atoms with E-state index in [1.165, 1.54) is 0 Å². The van der Waals surface area contributed by atoms with Gasteiger partial charge in [0.25, 0.3) is 0 Å². The molecule has 2 aromatic rings. The zero-order chi connectivity index (χ0) is 12.8. The third-order valence-corrected chi connectivity index (χ3v) is 2.65. The fourth-order valence-electron chi connectivity index (χ4n) is 1.62. The molecule has 2 aromatic carbocycles. The maximum atomic E-state index is 5.73. The van der Waals surface area contributed by atoms with Crippen molar-refractivity contribution in [3.05, 3.63) is 72.3 Å². The van der Waals surface area contributed by atoms with Crippen LogP contribution in [0.3, 0.4) is 0 Å². The molecule has 0 unspecified atom stereocenters. The minimum Gasteiger partial charge on any atom is -0.497 e. The van der Waals surface area contributed by atoms with E-state index in [2.05, 4.69) is 6.58 Å². The normalized spacial score (nSPS) is 9.83. The third-order valence-electron chi connectivity index (χ3n) is 2.65. The van der Waals surface area contributed by atoms with Crippen LogP contribution in [0, 0.1) is 0 Å². The van der Waals surface area contributed by atoms with Gasteiger partial charge in [0.2, 0.25) is 0 Å². The summed E-state index contributed by atoms with van der Waals surface area (Å²) >= 11 is 0. The van der Waals surface area contributed by atoms with Gasteiger partial charge in [-0.1, -0.05) is 49.0 Å². The molecule has 0 aliphatic carbocycles. The highest BCUT2D eigenvalue weighted by Crippen LogP contribution is 2.20. The van der Waals surface area contributed by atoms with Gasteiger partial charge >= 0.3 is 0 Å². The van der Waals surface area contributed by atoms with Gasteiger partial charge in [0.15, 0.2) is 0 Å². The highest BCUT2D eigenvalue weighted by molar-refractivity contribution is 5.58. The molecule has 2 nitrogen and oxygen atoms in total. The molecule has 0 amide bonds. The first-order valence-corrected chi connectivity index (χ1v) is 5.79. The van der Waals surface area contributed by atoms with Gasteiger partial charge in [-0.15, -0.1) is 0 Å². The van der Waals surface area contributed by atoms with Gasteiger partial charge < -0.3 is 9.47 Å². The van der Waals surface area contributed by atoms with E-state index >= 15 is 0 Å². The maximum absolute atomic E-state index is 5.73. The molecule has 0 aromatic heterocycles. The predicted octanol–water partition coefficient (Wildman–Crippen LogP) is 3.88. The second kappa shape index (κ2) is 5.92. The molecule has 0 bridgehead atoms. The van der Waals surface area contributed by atoms with Crippen molar-refractivity contribution >= 4 is 5.76 Å². The largest absolute Gasteiger partial charge is 0.497 e. The SMILES string of the molecule is C=C(OC)c1cccc(OCc2ccccc2)c1. The Morgan fingerprint density at radius 3 is 2.56 bits per heavy atom. The number of hydrogen-bond donors (Lipinski definition) is 0. The Bertz CT molecular complexity index is 518. The molecule has 0 aliphatic rings. The minimum atomic E-state index is 0.559. The summed E-state index contributed by atoms with van der Waals surface area (Å²) in [6, 6.07) is 17.8. The Hall–Kier alpha value is -2.22. The molecule has 0 saturated carbocycles. The summed E-state index contributed by atoms with van der Waals surface area (Å²) in [6.07, 6.45) is 0. The lowest BCUT2D eigenvalue weighted by molar-refractivity contribution is 0.305. The topological polar surface area (TPSA) is 18.5 Å². The van der Waals surface area contributed by atoms with Crippen molar-refractivity contribution in [1.82, 2.24) is 0 Å². The van der Waals surface area contributed by atoms with Crippen LogP contribution in [0.15, 0.2) is 61.2 Å². The Kier molecular flexibility index (Phi) is 4.02. The summed E-state index contributed by atoms with van der Waals surface area (Å²) in [5.41, 5.74) is 2.08. The lowest BCUT2D eigenvalue weighted by Crippen LogP contribution is -1.95. The van der Waals surface area contributed by atoms with Crippen molar-refractivity contribution in [2.45, 2.75) is 6.61 Å². The van der Waals surface area contributed by atoms with Crippen LogP contribution in [0.5, 0.6) is 5.75 Å². The van der Waals surface area contributed by atoms with Crippen LogP contribution >= 0.6 is 0 Å². The van der Waals surface area contributed by atoms with Gasteiger partial charge in [-0.2, -0.15) is 0 Å². The van der Waals surface area contributed by atoms with E-state index in [-0.39, 0.29) is 0 Å². The number of hydrogen-bond acceptors (Lipinski definition) is 2. The van der Waals surface area contributed by atoms with Crippen LogP contribution in [0.1, 0.15) is 11.1 Å². The fraction of sp³-hybridized carbons (Fsp3) is 0.125. The second-order valence-corrected chi connectivity index (χ2v) is 3.93. The van der Waals surface area contributed by atoms with Gasteiger partial charge in [0.1, 0.15) is 18.1 Å². The summed E-state index contributed by atoms with van der Waals surface area (Å²) in [6.45, 7) is 4.38. The molecule has 0 fully saturated rings. The summed E-state index contributed by atoms with van der Waals surface area (Å²) in [7, 11) is 1.61. The smallest absolute Gasteiger partial charge is 0.120 e. The second-order valence-electron chi connectivity index (χ2n) is 3.93. The monoisotopic (exact) mass is 240 g/mol. The Morgan fingerprint density at radius 2 is 1.83 bits per heavy atom. The molecule has 0 aliphatic heterocycles. The van der Waals surface area contributed by atoms with E-state index < -0.39 is 0 Å². The van der Waals surface area contributed by atoms with Crippen molar-refractivity contribution in [3.8, 4) is 5.75 Å². The first-order valence-electron chi connectivity index (χ1n) is 5.79. The fourth-order valence-corrected chi connectivity index (χ4v) is 1.62. The number of ether oxygens (including phenoxy) is 2. The molecular formula is C16H16O2. The molecule has 0 spiro atoms. The highest BCUT2D eigenvalue weighted by atomic mass is 16.5. The first kappa shape index (κ1) is 12.2. The predicted molar refractivity (Wildman–Crippen MR) is 73.3 cm³/mol. The van der Waals surface area contributed by atoms with E-state index in [0.717, 1.165) is 16.9 Å². The molecule has 92 valence electrons. The average Bonchev–Trinajstić information content (AvgIpc) is 2.45. The molecule has 0 saturated heterocycles. The van der Waals surface area contributed by atoms with Crippen molar-refractivity contribution in [1.29, 1.82) is 0 Å². The quantitative estimate of drug-likeness (QED) is 0.738. The summed E-state index contributed by atoms with van der Waals surface area (Å²) in [4.78, 5) is 0. The van der Waals surface area contributed by atoms with Crippen LogP contribution in [0.25, 0.3) is 5.76 Å². The standard InChI is InChI=1S/C16H16O2/c1-13(17-2)15-9-6-10-16(11-15)18-12-14-7-4-3-5-8-14/h3-11H,1,12H2,2H3. The lowest BCUT2D eigenvalue weighted by Gasteiger charge is -2.09. The lowest BCUT2D eigenvalue weighted by atomic mass is 10.2. The van der Waals surface area contributed by atoms with Crippen molar-refractivity contribution in [3.63, 3.8) is 0 Å². The molecule has 0 heterocycles. The third kappa shape index (κ3) is 3.14. The minimum absolute atomic E-state index is 0.559. The number of rotatable bonds is 5. The van der Waals surface area contributed by atoms with E-state index in [1.54, 1.807) is 7.11 Å². The zero-order valence-electron chi connectivity index (χ0n) is 10.4. The maximum Gasteiger partial charge on any atom is 0.120 e. The van der Waals surface area contributed by atoms with Crippen LogP contribution in [-0.2, 0) is 11.3 Å². The summed E-state index contributed by atoms with van der Waals surface area (Å²) in [5.74, 6) is 1.45.